The van der Waals surface area contributed by atoms with E-state index < -0.39 is 5.82 Å². The van der Waals surface area contributed by atoms with Gasteiger partial charge in [-0.05, 0) is 51.0 Å². The first-order valence-corrected chi connectivity index (χ1v) is 8.95. The van der Waals surface area contributed by atoms with Crippen LogP contribution >= 0.6 is 24.0 Å². The highest BCUT2D eigenvalue weighted by molar-refractivity contribution is 14.0. The summed E-state index contributed by atoms with van der Waals surface area (Å²) in [6.07, 6.45) is 0.928. The number of rotatable bonds is 8. The Labute approximate surface area is 177 Å². The van der Waals surface area contributed by atoms with Gasteiger partial charge in [0.15, 0.2) is 5.96 Å². The Bertz CT molecular complexity index is 748. The molecule has 0 fully saturated rings. The molecule has 0 radical (unpaired) electrons. The molecule has 6 nitrogen and oxygen atoms in total. The molecule has 0 atom stereocenters. The highest BCUT2D eigenvalue weighted by atomic mass is 127. The van der Waals surface area contributed by atoms with Crippen LogP contribution in [0.1, 0.15) is 35.9 Å². The number of halogens is 2. The van der Waals surface area contributed by atoms with Crippen LogP contribution in [0.25, 0.3) is 0 Å². The van der Waals surface area contributed by atoms with Crippen LogP contribution in [0.5, 0.6) is 0 Å². The number of aliphatic imine (C=N–C) groups is 1. The Kier molecular flexibility index (Phi) is 10.3. The van der Waals surface area contributed by atoms with E-state index in [1.54, 1.807) is 12.1 Å². The van der Waals surface area contributed by atoms with E-state index in [1.807, 2.05) is 18.5 Å². The van der Waals surface area contributed by atoms with Crippen molar-refractivity contribution < 1.29 is 9.50 Å². The first kappa shape index (κ1) is 23.4. The summed E-state index contributed by atoms with van der Waals surface area (Å²) >= 11 is 0. The van der Waals surface area contributed by atoms with Crippen LogP contribution in [0.2, 0.25) is 0 Å². The molecule has 27 heavy (non-hydrogen) atoms. The summed E-state index contributed by atoms with van der Waals surface area (Å²) in [7, 11) is 0. The third kappa shape index (κ3) is 7.45. The Morgan fingerprint density at radius 2 is 2.04 bits per heavy atom. The number of aromatic nitrogens is 2. The molecule has 1 aromatic heterocycles. The predicted molar refractivity (Wildman–Crippen MR) is 117 cm³/mol. The fourth-order valence-corrected chi connectivity index (χ4v) is 2.70. The van der Waals surface area contributed by atoms with Crippen molar-refractivity contribution in [3.63, 3.8) is 0 Å². The van der Waals surface area contributed by atoms with Crippen LogP contribution in [0, 0.1) is 19.7 Å². The van der Waals surface area contributed by atoms with Gasteiger partial charge in [0.25, 0.3) is 0 Å². The average molecular weight is 489 g/mol. The predicted octanol–water partition coefficient (Wildman–Crippen LogP) is 2.89. The van der Waals surface area contributed by atoms with Crippen LogP contribution in [-0.4, -0.2) is 33.9 Å². The second kappa shape index (κ2) is 11.9. The standard InChI is InChI=1S/C19H28FN5O.HI/c1-4-21-19(22-8-5-9-25-15(3)10-14(2)24-25)23-12-16-6-7-18(20)17(11-16)13-26;/h6-7,10-11,26H,4-5,8-9,12-13H2,1-3H3,(H2,21,22,23);1H. The quantitative estimate of drug-likeness (QED) is 0.231. The molecule has 2 rings (SSSR count). The number of hydrogen-bond donors (Lipinski definition) is 3. The Hall–Kier alpha value is -1.68. The second-order valence-corrected chi connectivity index (χ2v) is 6.21. The molecule has 0 saturated carbocycles. The second-order valence-electron chi connectivity index (χ2n) is 6.21. The molecule has 0 aliphatic rings. The zero-order chi connectivity index (χ0) is 18.9. The zero-order valence-corrected chi connectivity index (χ0v) is 18.5. The van der Waals surface area contributed by atoms with E-state index in [1.165, 1.54) is 11.8 Å². The molecule has 1 aromatic carbocycles. The van der Waals surface area contributed by atoms with Gasteiger partial charge < -0.3 is 15.7 Å². The van der Waals surface area contributed by atoms with Gasteiger partial charge in [-0.25, -0.2) is 9.38 Å². The molecule has 0 aliphatic carbocycles. The van der Waals surface area contributed by atoms with E-state index in [0.717, 1.165) is 43.3 Å². The molecule has 150 valence electrons. The van der Waals surface area contributed by atoms with Crippen LogP contribution < -0.4 is 10.6 Å². The minimum atomic E-state index is -0.394. The maximum absolute atomic E-state index is 13.4. The van der Waals surface area contributed by atoms with Crippen molar-refractivity contribution >= 4 is 29.9 Å². The number of guanidine groups is 1. The Morgan fingerprint density at radius 1 is 1.26 bits per heavy atom. The number of aryl methyl sites for hydroxylation is 3. The third-order valence-corrected chi connectivity index (χ3v) is 3.99. The largest absolute Gasteiger partial charge is 0.392 e. The fraction of sp³-hybridized carbons (Fsp3) is 0.474. The van der Waals surface area contributed by atoms with Crippen LogP contribution in [0.4, 0.5) is 4.39 Å². The van der Waals surface area contributed by atoms with E-state index in [0.29, 0.717) is 12.1 Å². The first-order chi connectivity index (χ1) is 12.5. The number of aliphatic hydroxyl groups is 1. The number of nitrogens with zero attached hydrogens (tertiary/aromatic N) is 3. The first-order valence-electron chi connectivity index (χ1n) is 8.95. The van der Waals surface area contributed by atoms with Crippen molar-refractivity contribution in [2.24, 2.45) is 4.99 Å². The van der Waals surface area contributed by atoms with Crippen LogP contribution in [0.15, 0.2) is 29.3 Å². The van der Waals surface area contributed by atoms with Crippen molar-refractivity contribution in [2.45, 2.75) is 46.9 Å². The highest BCUT2D eigenvalue weighted by Gasteiger charge is 2.04. The van der Waals surface area contributed by atoms with Crippen molar-refractivity contribution in [2.75, 3.05) is 13.1 Å². The van der Waals surface area contributed by atoms with E-state index in [9.17, 15) is 4.39 Å². The average Bonchev–Trinajstić information content (AvgIpc) is 2.94. The summed E-state index contributed by atoms with van der Waals surface area (Å²) in [6.45, 7) is 8.55. The van der Waals surface area contributed by atoms with Gasteiger partial charge in [0.2, 0.25) is 0 Å². The van der Waals surface area contributed by atoms with Gasteiger partial charge in [0, 0.05) is 30.9 Å². The van der Waals surface area contributed by atoms with Crippen molar-refractivity contribution in [1.82, 2.24) is 20.4 Å². The summed E-state index contributed by atoms with van der Waals surface area (Å²) < 4.78 is 15.4. The summed E-state index contributed by atoms with van der Waals surface area (Å²) in [5, 5.41) is 20.1. The molecule has 3 N–H and O–H groups in total. The molecule has 2 aromatic rings. The smallest absolute Gasteiger partial charge is 0.191 e. The summed E-state index contributed by atoms with van der Waals surface area (Å²) in [6, 6.07) is 6.77. The van der Waals surface area contributed by atoms with Crippen LogP contribution in [-0.2, 0) is 19.7 Å². The molecule has 8 heteroatoms. The molecule has 0 saturated heterocycles. The number of nitrogens with one attached hydrogen (secondary N) is 2. The van der Waals surface area contributed by atoms with Gasteiger partial charge in [-0.1, -0.05) is 6.07 Å². The number of benzene rings is 1. The maximum Gasteiger partial charge on any atom is 0.191 e. The number of hydrogen-bond acceptors (Lipinski definition) is 3. The maximum atomic E-state index is 13.4. The van der Waals surface area contributed by atoms with E-state index in [-0.39, 0.29) is 30.6 Å². The topological polar surface area (TPSA) is 74.5 Å². The van der Waals surface area contributed by atoms with E-state index >= 15 is 0 Å². The fourth-order valence-electron chi connectivity index (χ4n) is 2.70. The zero-order valence-electron chi connectivity index (χ0n) is 16.1. The van der Waals surface area contributed by atoms with Gasteiger partial charge in [0.05, 0.1) is 18.8 Å². The summed E-state index contributed by atoms with van der Waals surface area (Å²) in [4.78, 5) is 4.52. The van der Waals surface area contributed by atoms with Gasteiger partial charge in [-0.3, -0.25) is 4.68 Å². The third-order valence-electron chi connectivity index (χ3n) is 3.99. The normalized spacial score (nSPS) is 11.2. The van der Waals surface area contributed by atoms with Crippen molar-refractivity contribution in [3.05, 3.63) is 52.6 Å². The van der Waals surface area contributed by atoms with E-state index in [2.05, 4.69) is 33.7 Å². The lowest BCUT2D eigenvalue weighted by molar-refractivity contribution is 0.275. The number of aliphatic hydroxyl groups excluding tert-OH is 1. The van der Waals surface area contributed by atoms with E-state index in [4.69, 9.17) is 5.11 Å². The molecule has 0 bridgehead atoms. The van der Waals surface area contributed by atoms with Gasteiger partial charge in [0.1, 0.15) is 5.82 Å². The SMILES string of the molecule is CCNC(=NCc1ccc(F)c(CO)c1)NCCCn1nc(C)cc1C.I. The lowest BCUT2D eigenvalue weighted by atomic mass is 10.1. The Morgan fingerprint density at radius 3 is 2.67 bits per heavy atom. The lowest BCUT2D eigenvalue weighted by Gasteiger charge is -2.12. The molecule has 0 spiro atoms. The van der Waals surface area contributed by atoms with Crippen LogP contribution in [0.3, 0.4) is 0 Å². The Balaban J connectivity index is 0.00000364. The molecular weight excluding hydrogens is 460 g/mol. The summed E-state index contributed by atoms with van der Waals surface area (Å²) in [5.41, 5.74) is 3.35. The molecule has 1 heterocycles. The molecule has 0 aliphatic heterocycles. The van der Waals surface area contributed by atoms with Gasteiger partial charge in [-0.15, -0.1) is 24.0 Å². The van der Waals surface area contributed by atoms with Gasteiger partial charge >= 0.3 is 0 Å². The minimum Gasteiger partial charge on any atom is -0.392 e. The van der Waals surface area contributed by atoms with Crippen molar-refractivity contribution in [1.29, 1.82) is 0 Å². The lowest BCUT2D eigenvalue weighted by Crippen LogP contribution is -2.38. The highest BCUT2D eigenvalue weighted by Crippen LogP contribution is 2.11. The molecular formula is C19H29FIN5O. The van der Waals surface area contributed by atoms with Crippen molar-refractivity contribution in [3.8, 4) is 0 Å². The summed E-state index contributed by atoms with van der Waals surface area (Å²) in [5.74, 6) is 0.324. The van der Waals surface area contributed by atoms with Gasteiger partial charge in [-0.2, -0.15) is 5.10 Å². The molecule has 0 unspecified atom stereocenters. The molecule has 0 amide bonds. The minimum absolute atomic E-state index is 0. The monoisotopic (exact) mass is 489 g/mol.